The number of carbonyl (C=O) groups is 1. The van der Waals surface area contributed by atoms with Crippen LogP contribution in [0, 0.1) is 0 Å². The third-order valence-electron chi connectivity index (χ3n) is 2.58. The Labute approximate surface area is 107 Å². The summed E-state index contributed by atoms with van der Waals surface area (Å²) in [6.45, 7) is 6.93. The highest BCUT2D eigenvalue weighted by atomic mass is 35.5. The summed E-state index contributed by atoms with van der Waals surface area (Å²) in [6, 6.07) is 5.49. The van der Waals surface area contributed by atoms with Crippen LogP contribution >= 0.6 is 11.6 Å². The standard InChI is InChI=1S/C13H18ClNO2/c1-3-15(8-9-17-4-2)13-7-5-6-12(14)11(13)10-16/h5-7,10H,3-4,8-9H2,1-2H3. The Morgan fingerprint density at radius 2 is 2.18 bits per heavy atom. The van der Waals surface area contributed by atoms with Crippen LogP contribution in [0.15, 0.2) is 18.2 Å². The first-order valence-electron chi connectivity index (χ1n) is 5.81. The zero-order valence-corrected chi connectivity index (χ0v) is 11.0. The van der Waals surface area contributed by atoms with E-state index in [-0.39, 0.29) is 0 Å². The van der Waals surface area contributed by atoms with Gasteiger partial charge in [-0.15, -0.1) is 0 Å². The van der Waals surface area contributed by atoms with Crippen LogP contribution in [0.25, 0.3) is 0 Å². The minimum Gasteiger partial charge on any atom is -0.380 e. The number of carbonyl (C=O) groups excluding carboxylic acids is 1. The molecule has 0 bridgehead atoms. The van der Waals surface area contributed by atoms with Gasteiger partial charge in [-0.05, 0) is 26.0 Å². The summed E-state index contributed by atoms with van der Waals surface area (Å²) in [5.74, 6) is 0. The predicted molar refractivity (Wildman–Crippen MR) is 71.2 cm³/mol. The van der Waals surface area contributed by atoms with Gasteiger partial charge in [0.15, 0.2) is 6.29 Å². The lowest BCUT2D eigenvalue weighted by Gasteiger charge is -2.24. The van der Waals surface area contributed by atoms with E-state index in [0.717, 1.165) is 25.1 Å². The first-order valence-corrected chi connectivity index (χ1v) is 6.18. The van der Waals surface area contributed by atoms with E-state index in [2.05, 4.69) is 4.90 Å². The Kier molecular flexibility index (Phi) is 6.01. The second-order valence-electron chi connectivity index (χ2n) is 3.57. The smallest absolute Gasteiger partial charge is 0.153 e. The summed E-state index contributed by atoms with van der Waals surface area (Å²) >= 11 is 6.00. The molecule has 1 aromatic rings. The number of aldehydes is 1. The van der Waals surface area contributed by atoms with Crippen molar-refractivity contribution in [1.82, 2.24) is 0 Å². The molecule has 0 N–H and O–H groups in total. The highest BCUT2D eigenvalue weighted by Gasteiger charge is 2.11. The van der Waals surface area contributed by atoms with Gasteiger partial charge in [0.2, 0.25) is 0 Å². The zero-order valence-electron chi connectivity index (χ0n) is 10.3. The van der Waals surface area contributed by atoms with Crippen LogP contribution in [0.2, 0.25) is 5.02 Å². The van der Waals surface area contributed by atoms with Crippen molar-refractivity contribution in [3.05, 3.63) is 28.8 Å². The molecule has 0 saturated heterocycles. The molecule has 0 spiro atoms. The molecule has 4 heteroatoms. The average molecular weight is 256 g/mol. The number of ether oxygens (including phenoxy) is 1. The Balaban J connectivity index is 2.87. The average Bonchev–Trinajstić information content (AvgIpc) is 2.34. The molecule has 3 nitrogen and oxygen atoms in total. The number of likely N-dealkylation sites (N-methyl/N-ethyl adjacent to an activating group) is 1. The summed E-state index contributed by atoms with van der Waals surface area (Å²) < 4.78 is 5.33. The minimum absolute atomic E-state index is 0.493. The van der Waals surface area contributed by atoms with Crippen LogP contribution in [0.1, 0.15) is 24.2 Å². The number of hydrogen-bond acceptors (Lipinski definition) is 3. The lowest BCUT2D eigenvalue weighted by Crippen LogP contribution is -2.28. The maximum absolute atomic E-state index is 11.1. The Hall–Kier alpha value is -1.06. The van der Waals surface area contributed by atoms with Crippen LogP contribution in [-0.2, 0) is 4.74 Å². The molecule has 0 aromatic heterocycles. The number of benzene rings is 1. The third-order valence-corrected chi connectivity index (χ3v) is 2.91. The molecule has 0 fully saturated rings. The van der Waals surface area contributed by atoms with Crippen molar-refractivity contribution in [2.75, 3.05) is 31.2 Å². The minimum atomic E-state index is 0.493. The molecule has 0 atom stereocenters. The van der Waals surface area contributed by atoms with E-state index in [9.17, 15) is 4.79 Å². The second kappa shape index (κ2) is 7.30. The highest BCUT2D eigenvalue weighted by molar-refractivity contribution is 6.33. The van der Waals surface area contributed by atoms with Gasteiger partial charge in [0.05, 0.1) is 17.2 Å². The van der Waals surface area contributed by atoms with Gasteiger partial charge < -0.3 is 9.64 Å². The lowest BCUT2D eigenvalue weighted by atomic mass is 10.1. The van der Waals surface area contributed by atoms with Gasteiger partial charge >= 0.3 is 0 Å². The van der Waals surface area contributed by atoms with Gasteiger partial charge in [0, 0.05) is 25.4 Å². The maximum Gasteiger partial charge on any atom is 0.153 e. The zero-order chi connectivity index (χ0) is 12.7. The third kappa shape index (κ3) is 3.72. The van der Waals surface area contributed by atoms with Gasteiger partial charge in [-0.3, -0.25) is 4.79 Å². The molecule has 0 aliphatic heterocycles. The molecule has 0 saturated carbocycles. The summed E-state index contributed by atoms with van der Waals surface area (Å²) in [5.41, 5.74) is 1.42. The van der Waals surface area contributed by atoms with Gasteiger partial charge in [-0.2, -0.15) is 0 Å². The summed E-state index contributed by atoms with van der Waals surface area (Å²) in [7, 11) is 0. The van der Waals surface area contributed by atoms with Crippen molar-refractivity contribution in [2.24, 2.45) is 0 Å². The van der Waals surface area contributed by atoms with E-state index >= 15 is 0 Å². The number of halogens is 1. The van der Waals surface area contributed by atoms with Crippen LogP contribution < -0.4 is 4.90 Å². The number of nitrogens with zero attached hydrogens (tertiary/aromatic N) is 1. The normalized spacial score (nSPS) is 10.3. The molecule has 1 aromatic carbocycles. The van der Waals surface area contributed by atoms with Gasteiger partial charge in [-0.1, -0.05) is 17.7 Å². The van der Waals surface area contributed by atoms with E-state index < -0.39 is 0 Å². The van der Waals surface area contributed by atoms with Crippen LogP contribution in [0.3, 0.4) is 0 Å². The molecular formula is C13H18ClNO2. The Morgan fingerprint density at radius 1 is 1.41 bits per heavy atom. The topological polar surface area (TPSA) is 29.5 Å². The monoisotopic (exact) mass is 255 g/mol. The Bertz CT molecular complexity index is 368. The quantitative estimate of drug-likeness (QED) is 0.554. The molecule has 0 aliphatic carbocycles. The summed E-state index contributed by atoms with van der Waals surface area (Å²) in [6.07, 6.45) is 0.807. The molecule has 0 heterocycles. The van der Waals surface area contributed by atoms with E-state index in [0.29, 0.717) is 23.8 Å². The molecule has 0 radical (unpaired) electrons. The lowest BCUT2D eigenvalue weighted by molar-refractivity contribution is 0.112. The fourth-order valence-electron chi connectivity index (χ4n) is 1.69. The highest BCUT2D eigenvalue weighted by Crippen LogP contribution is 2.25. The van der Waals surface area contributed by atoms with Crippen molar-refractivity contribution in [3.8, 4) is 0 Å². The second-order valence-corrected chi connectivity index (χ2v) is 3.97. The summed E-state index contributed by atoms with van der Waals surface area (Å²) in [5, 5.41) is 0.493. The molecule has 0 aliphatic rings. The molecule has 17 heavy (non-hydrogen) atoms. The van der Waals surface area contributed by atoms with Gasteiger partial charge in [-0.25, -0.2) is 0 Å². The van der Waals surface area contributed by atoms with Crippen LogP contribution in [0.5, 0.6) is 0 Å². The Morgan fingerprint density at radius 3 is 2.76 bits per heavy atom. The van der Waals surface area contributed by atoms with Gasteiger partial charge in [0.1, 0.15) is 0 Å². The van der Waals surface area contributed by atoms with Crippen LogP contribution in [-0.4, -0.2) is 32.6 Å². The molecule has 0 unspecified atom stereocenters. The van der Waals surface area contributed by atoms with E-state index in [1.54, 1.807) is 6.07 Å². The SMILES string of the molecule is CCOCCN(CC)c1cccc(Cl)c1C=O. The number of rotatable bonds is 7. The molecule has 1 rings (SSSR count). The number of anilines is 1. The fraction of sp³-hybridized carbons (Fsp3) is 0.462. The fourth-order valence-corrected chi connectivity index (χ4v) is 1.90. The first kappa shape index (κ1) is 14.0. The van der Waals surface area contributed by atoms with Crippen molar-refractivity contribution in [2.45, 2.75) is 13.8 Å². The van der Waals surface area contributed by atoms with Crippen molar-refractivity contribution in [3.63, 3.8) is 0 Å². The van der Waals surface area contributed by atoms with Crippen LogP contribution in [0.4, 0.5) is 5.69 Å². The van der Waals surface area contributed by atoms with Crippen molar-refractivity contribution in [1.29, 1.82) is 0 Å². The van der Waals surface area contributed by atoms with Crippen molar-refractivity contribution >= 4 is 23.6 Å². The number of hydrogen-bond donors (Lipinski definition) is 0. The molecule has 94 valence electrons. The molecular weight excluding hydrogens is 238 g/mol. The predicted octanol–water partition coefficient (Wildman–Crippen LogP) is 3.02. The largest absolute Gasteiger partial charge is 0.380 e. The summed E-state index contributed by atoms with van der Waals surface area (Å²) in [4.78, 5) is 13.1. The first-order chi connectivity index (χ1) is 8.24. The van der Waals surface area contributed by atoms with E-state index in [1.165, 1.54) is 0 Å². The van der Waals surface area contributed by atoms with Crippen molar-refractivity contribution < 1.29 is 9.53 Å². The van der Waals surface area contributed by atoms with E-state index in [4.69, 9.17) is 16.3 Å². The van der Waals surface area contributed by atoms with Gasteiger partial charge in [0.25, 0.3) is 0 Å². The van der Waals surface area contributed by atoms with E-state index in [1.807, 2.05) is 26.0 Å². The molecule has 0 amide bonds. The maximum atomic E-state index is 11.1.